The number of halogens is 1. The molecule has 2 aromatic rings. The zero-order chi connectivity index (χ0) is 14.7. The highest BCUT2D eigenvalue weighted by Crippen LogP contribution is 2.30. The molecule has 0 spiro atoms. The maximum absolute atomic E-state index is 12.8. The quantitative estimate of drug-likeness (QED) is 0.926. The third-order valence-corrected chi connectivity index (χ3v) is 3.37. The van der Waals surface area contributed by atoms with Gasteiger partial charge in [-0.25, -0.2) is 4.39 Å². The van der Waals surface area contributed by atoms with Gasteiger partial charge in [-0.05, 0) is 24.3 Å². The van der Waals surface area contributed by atoms with Gasteiger partial charge in [0.25, 0.3) is 5.89 Å². The van der Waals surface area contributed by atoms with E-state index >= 15 is 0 Å². The first-order valence-corrected chi connectivity index (χ1v) is 6.67. The highest BCUT2D eigenvalue weighted by atomic mass is 19.1. The average Bonchev–Trinajstić information content (AvgIpc) is 2.97. The molecule has 2 heterocycles. The molecular formula is C14H15FN2O4. The number of ether oxygens (including phenoxy) is 2. The Hall–Kier alpha value is -1.99. The van der Waals surface area contributed by atoms with Gasteiger partial charge in [0.15, 0.2) is 6.61 Å². The Morgan fingerprint density at radius 2 is 1.95 bits per heavy atom. The molecule has 1 aliphatic rings. The Kier molecular flexibility index (Phi) is 3.85. The van der Waals surface area contributed by atoms with Crippen molar-refractivity contribution in [1.29, 1.82) is 0 Å². The van der Waals surface area contributed by atoms with Crippen LogP contribution in [-0.4, -0.2) is 28.5 Å². The zero-order valence-corrected chi connectivity index (χ0v) is 11.3. The average molecular weight is 294 g/mol. The van der Waals surface area contributed by atoms with Gasteiger partial charge in [-0.2, -0.15) is 4.98 Å². The van der Waals surface area contributed by atoms with Crippen molar-refractivity contribution in [1.82, 2.24) is 10.1 Å². The number of aromatic nitrogens is 2. The lowest BCUT2D eigenvalue weighted by Gasteiger charge is -2.27. The molecule has 0 radical (unpaired) electrons. The van der Waals surface area contributed by atoms with Crippen molar-refractivity contribution in [3.8, 4) is 5.75 Å². The van der Waals surface area contributed by atoms with E-state index in [2.05, 4.69) is 10.1 Å². The van der Waals surface area contributed by atoms with Gasteiger partial charge < -0.3 is 19.1 Å². The lowest BCUT2D eigenvalue weighted by molar-refractivity contribution is -0.0856. The number of rotatable bonds is 4. The van der Waals surface area contributed by atoms with Crippen molar-refractivity contribution in [3.05, 3.63) is 41.8 Å². The number of hydrogen-bond donors (Lipinski definition) is 1. The SMILES string of the molecule is OC1(c2nc(COc3ccc(F)cc3)no2)CCOCC1. The molecule has 21 heavy (non-hydrogen) atoms. The Morgan fingerprint density at radius 3 is 2.67 bits per heavy atom. The summed E-state index contributed by atoms with van der Waals surface area (Å²) < 4.78 is 28.5. The molecule has 1 saturated heterocycles. The van der Waals surface area contributed by atoms with Gasteiger partial charge in [-0.15, -0.1) is 0 Å². The van der Waals surface area contributed by atoms with Crippen LogP contribution in [0.2, 0.25) is 0 Å². The fourth-order valence-electron chi connectivity index (χ4n) is 2.10. The van der Waals surface area contributed by atoms with Crippen molar-refractivity contribution >= 4 is 0 Å². The minimum atomic E-state index is -1.13. The van der Waals surface area contributed by atoms with Crippen LogP contribution in [0, 0.1) is 5.82 Å². The summed E-state index contributed by atoms with van der Waals surface area (Å²) in [5.74, 6) is 0.691. The number of hydrogen-bond acceptors (Lipinski definition) is 6. The van der Waals surface area contributed by atoms with E-state index in [4.69, 9.17) is 14.0 Å². The van der Waals surface area contributed by atoms with Crippen LogP contribution >= 0.6 is 0 Å². The maximum Gasteiger partial charge on any atom is 0.258 e. The molecule has 1 aromatic heterocycles. The van der Waals surface area contributed by atoms with Crippen molar-refractivity contribution < 1.29 is 23.5 Å². The van der Waals surface area contributed by atoms with Crippen LogP contribution in [0.1, 0.15) is 24.6 Å². The predicted molar refractivity (Wildman–Crippen MR) is 69.0 cm³/mol. The molecule has 1 aliphatic heterocycles. The van der Waals surface area contributed by atoms with Crippen LogP contribution in [0.25, 0.3) is 0 Å². The zero-order valence-electron chi connectivity index (χ0n) is 11.3. The summed E-state index contributed by atoms with van der Waals surface area (Å²) in [6, 6.07) is 5.65. The summed E-state index contributed by atoms with van der Waals surface area (Å²) in [6.07, 6.45) is 0.848. The van der Waals surface area contributed by atoms with Crippen LogP contribution in [0.15, 0.2) is 28.8 Å². The molecule has 0 aliphatic carbocycles. The van der Waals surface area contributed by atoms with Crippen LogP contribution in [0.3, 0.4) is 0 Å². The smallest absolute Gasteiger partial charge is 0.258 e. The minimum absolute atomic E-state index is 0.0850. The van der Waals surface area contributed by atoms with E-state index in [1.807, 2.05) is 0 Å². The van der Waals surface area contributed by atoms with Crippen LogP contribution in [-0.2, 0) is 16.9 Å². The van der Waals surface area contributed by atoms with E-state index in [1.54, 1.807) is 0 Å². The second kappa shape index (κ2) is 5.79. The highest BCUT2D eigenvalue weighted by Gasteiger charge is 2.37. The Balaban J connectivity index is 1.63. The van der Waals surface area contributed by atoms with Crippen molar-refractivity contribution in [2.45, 2.75) is 25.0 Å². The highest BCUT2D eigenvalue weighted by molar-refractivity contribution is 5.22. The molecule has 112 valence electrons. The predicted octanol–water partition coefficient (Wildman–Crippen LogP) is 1.79. The molecule has 0 atom stereocenters. The topological polar surface area (TPSA) is 77.6 Å². The molecule has 0 unspecified atom stereocenters. The molecule has 6 nitrogen and oxygen atoms in total. The molecule has 0 amide bonds. The van der Waals surface area contributed by atoms with Gasteiger partial charge in [0.1, 0.15) is 17.2 Å². The molecule has 0 bridgehead atoms. The van der Waals surface area contributed by atoms with Crippen LogP contribution in [0.4, 0.5) is 4.39 Å². The van der Waals surface area contributed by atoms with E-state index in [1.165, 1.54) is 24.3 Å². The van der Waals surface area contributed by atoms with Crippen molar-refractivity contribution in [3.63, 3.8) is 0 Å². The van der Waals surface area contributed by atoms with Gasteiger partial charge in [-0.1, -0.05) is 5.16 Å². The van der Waals surface area contributed by atoms with E-state index in [0.29, 0.717) is 37.6 Å². The summed E-state index contributed by atoms with van der Waals surface area (Å²) >= 11 is 0. The molecule has 3 rings (SSSR count). The molecule has 7 heteroatoms. The van der Waals surface area contributed by atoms with Gasteiger partial charge in [0.2, 0.25) is 5.82 Å². The van der Waals surface area contributed by atoms with Crippen molar-refractivity contribution in [2.24, 2.45) is 0 Å². The normalized spacial score (nSPS) is 17.6. The van der Waals surface area contributed by atoms with Gasteiger partial charge in [0, 0.05) is 26.1 Å². The summed E-state index contributed by atoms with van der Waals surface area (Å²) in [5.41, 5.74) is -1.13. The molecule has 1 N–H and O–H groups in total. The van der Waals surface area contributed by atoms with Crippen LogP contribution < -0.4 is 4.74 Å². The lowest BCUT2D eigenvalue weighted by atomic mass is 9.94. The van der Waals surface area contributed by atoms with Crippen LogP contribution in [0.5, 0.6) is 5.75 Å². The summed E-state index contributed by atoms with van der Waals surface area (Å²) in [4.78, 5) is 4.16. The van der Waals surface area contributed by atoms with E-state index < -0.39 is 5.60 Å². The van der Waals surface area contributed by atoms with Crippen molar-refractivity contribution in [2.75, 3.05) is 13.2 Å². The Morgan fingerprint density at radius 1 is 1.24 bits per heavy atom. The van der Waals surface area contributed by atoms with E-state index in [-0.39, 0.29) is 18.3 Å². The molecule has 1 aromatic carbocycles. The Bertz CT molecular complexity index is 593. The second-order valence-corrected chi connectivity index (χ2v) is 4.90. The van der Waals surface area contributed by atoms with Gasteiger partial charge in [-0.3, -0.25) is 0 Å². The number of benzene rings is 1. The summed E-state index contributed by atoms with van der Waals surface area (Å²) in [6.45, 7) is 1.00. The monoisotopic (exact) mass is 294 g/mol. The molecular weight excluding hydrogens is 279 g/mol. The standard InChI is InChI=1S/C14H15FN2O4/c15-10-1-3-11(4-2-10)20-9-12-16-13(21-17-12)14(18)5-7-19-8-6-14/h1-4,18H,5-9H2. The summed E-state index contributed by atoms with van der Waals surface area (Å²) in [5, 5.41) is 14.2. The number of aliphatic hydroxyl groups is 1. The lowest BCUT2D eigenvalue weighted by Crippen LogP contribution is -2.33. The third-order valence-electron chi connectivity index (χ3n) is 3.37. The van der Waals surface area contributed by atoms with Gasteiger partial charge in [0.05, 0.1) is 0 Å². The number of nitrogens with zero attached hydrogens (tertiary/aromatic N) is 2. The van der Waals surface area contributed by atoms with E-state index in [9.17, 15) is 9.50 Å². The third kappa shape index (κ3) is 3.20. The Labute approximate surface area is 120 Å². The maximum atomic E-state index is 12.8. The molecule has 0 saturated carbocycles. The minimum Gasteiger partial charge on any atom is -0.485 e. The summed E-state index contributed by atoms with van der Waals surface area (Å²) in [7, 11) is 0. The van der Waals surface area contributed by atoms with Gasteiger partial charge >= 0.3 is 0 Å². The first-order valence-electron chi connectivity index (χ1n) is 6.67. The molecule has 1 fully saturated rings. The second-order valence-electron chi connectivity index (χ2n) is 4.90. The largest absolute Gasteiger partial charge is 0.485 e. The first kappa shape index (κ1) is 14.0. The fraction of sp³-hybridized carbons (Fsp3) is 0.429. The fourth-order valence-corrected chi connectivity index (χ4v) is 2.10. The first-order chi connectivity index (χ1) is 10.2. The van der Waals surface area contributed by atoms with E-state index in [0.717, 1.165) is 0 Å².